The van der Waals surface area contributed by atoms with Crippen molar-refractivity contribution in [1.29, 1.82) is 0 Å². The Morgan fingerprint density at radius 2 is 2.47 bits per heavy atom. The molecule has 17 heavy (non-hydrogen) atoms. The van der Waals surface area contributed by atoms with Crippen LogP contribution in [0.3, 0.4) is 0 Å². The molecule has 1 aromatic heterocycles. The highest BCUT2D eigenvalue weighted by Crippen LogP contribution is 2.20. The molecule has 1 fully saturated rings. The van der Waals surface area contributed by atoms with Crippen molar-refractivity contribution in [2.24, 2.45) is 5.92 Å². The molecule has 1 unspecified atom stereocenters. The fourth-order valence-corrected chi connectivity index (χ4v) is 2.52. The summed E-state index contributed by atoms with van der Waals surface area (Å²) >= 11 is 0. The molecule has 2 heterocycles. The van der Waals surface area contributed by atoms with E-state index < -0.39 is 0 Å². The van der Waals surface area contributed by atoms with Gasteiger partial charge in [0.15, 0.2) is 5.89 Å². The second-order valence-corrected chi connectivity index (χ2v) is 4.80. The van der Waals surface area contributed by atoms with E-state index in [1.165, 1.54) is 19.4 Å². The van der Waals surface area contributed by atoms with Gasteiger partial charge in [0.25, 0.3) is 0 Å². The molecule has 4 nitrogen and oxygen atoms in total. The zero-order valence-corrected chi connectivity index (χ0v) is 10.6. The van der Waals surface area contributed by atoms with Gasteiger partial charge in [0.1, 0.15) is 5.76 Å². The van der Waals surface area contributed by atoms with E-state index in [4.69, 9.17) is 9.52 Å². The Morgan fingerprint density at radius 3 is 3.24 bits per heavy atom. The van der Waals surface area contributed by atoms with E-state index in [1.54, 1.807) is 6.20 Å². The Balaban J connectivity index is 1.86. The summed E-state index contributed by atoms with van der Waals surface area (Å²) in [5.41, 5.74) is 0. The van der Waals surface area contributed by atoms with Gasteiger partial charge in [-0.05, 0) is 31.8 Å². The Bertz CT molecular complexity index is 338. The first-order chi connectivity index (χ1) is 8.31. The van der Waals surface area contributed by atoms with E-state index in [-0.39, 0.29) is 6.61 Å². The van der Waals surface area contributed by atoms with Crippen molar-refractivity contribution in [3.63, 3.8) is 0 Å². The highest BCUT2D eigenvalue weighted by atomic mass is 16.4. The van der Waals surface area contributed by atoms with Crippen molar-refractivity contribution >= 4 is 0 Å². The van der Waals surface area contributed by atoms with Crippen molar-refractivity contribution in [3.8, 4) is 0 Å². The lowest BCUT2D eigenvalue weighted by molar-refractivity contribution is 0.176. The number of nitrogens with zero attached hydrogens (tertiary/aromatic N) is 2. The second kappa shape index (κ2) is 6.17. The van der Waals surface area contributed by atoms with Crippen LogP contribution in [0.15, 0.2) is 10.6 Å². The Labute approximate surface area is 103 Å². The number of aliphatic hydroxyl groups excluding tert-OH is 1. The highest BCUT2D eigenvalue weighted by Gasteiger charge is 2.20. The van der Waals surface area contributed by atoms with Crippen molar-refractivity contribution in [1.82, 2.24) is 9.88 Å². The number of likely N-dealkylation sites (tertiary alicyclic amines) is 1. The molecular weight excluding hydrogens is 216 g/mol. The fourth-order valence-electron chi connectivity index (χ4n) is 2.52. The molecule has 0 spiro atoms. The van der Waals surface area contributed by atoms with Crippen LogP contribution in [0.5, 0.6) is 0 Å². The minimum absolute atomic E-state index is 0.127. The van der Waals surface area contributed by atoms with Crippen LogP contribution in [-0.2, 0) is 12.8 Å². The molecule has 1 aromatic rings. The van der Waals surface area contributed by atoms with E-state index in [1.807, 2.05) is 0 Å². The Morgan fingerprint density at radius 1 is 1.59 bits per heavy atom. The maximum absolute atomic E-state index is 8.82. The molecule has 0 amide bonds. The van der Waals surface area contributed by atoms with Crippen LogP contribution in [0.4, 0.5) is 0 Å². The average molecular weight is 238 g/mol. The van der Waals surface area contributed by atoms with Crippen molar-refractivity contribution in [2.75, 3.05) is 26.2 Å². The molecule has 1 atom stereocenters. The van der Waals surface area contributed by atoms with Crippen LogP contribution >= 0.6 is 0 Å². The summed E-state index contributed by atoms with van der Waals surface area (Å²) in [6.45, 7) is 5.87. The summed E-state index contributed by atoms with van der Waals surface area (Å²) in [5.74, 6) is 2.30. The first-order valence-corrected chi connectivity index (χ1v) is 6.58. The van der Waals surface area contributed by atoms with Crippen LogP contribution in [0, 0.1) is 5.92 Å². The molecule has 96 valence electrons. The van der Waals surface area contributed by atoms with E-state index in [0.717, 1.165) is 31.2 Å². The third kappa shape index (κ3) is 3.54. The van der Waals surface area contributed by atoms with Crippen molar-refractivity contribution in [2.45, 2.75) is 32.6 Å². The summed E-state index contributed by atoms with van der Waals surface area (Å²) < 4.78 is 5.61. The predicted octanol–water partition coefficient (Wildman–Crippen LogP) is 1.48. The predicted molar refractivity (Wildman–Crippen MR) is 65.8 cm³/mol. The molecule has 0 saturated carbocycles. The summed E-state index contributed by atoms with van der Waals surface area (Å²) in [6, 6.07) is 0. The van der Waals surface area contributed by atoms with Gasteiger partial charge < -0.3 is 14.4 Å². The normalized spacial score (nSPS) is 21.9. The molecule has 1 aliphatic rings. The molecule has 1 aliphatic heterocycles. The number of oxazole rings is 1. The first kappa shape index (κ1) is 12.6. The fraction of sp³-hybridized carbons (Fsp3) is 0.769. The smallest absolute Gasteiger partial charge is 0.194 e. The molecule has 0 radical (unpaired) electrons. The topological polar surface area (TPSA) is 49.5 Å². The van der Waals surface area contributed by atoms with Gasteiger partial charge in [0.2, 0.25) is 0 Å². The Hall–Kier alpha value is -0.870. The molecule has 0 bridgehead atoms. The van der Waals surface area contributed by atoms with Gasteiger partial charge in [-0.2, -0.15) is 0 Å². The number of hydrogen-bond donors (Lipinski definition) is 1. The maximum Gasteiger partial charge on any atom is 0.194 e. The zero-order chi connectivity index (χ0) is 12.1. The summed E-state index contributed by atoms with van der Waals surface area (Å²) in [6.07, 6.45) is 5.80. The lowest BCUT2D eigenvalue weighted by atomic mass is 9.95. The number of hydrogen-bond acceptors (Lipinski definition) is 4. The van der Waals surface area contributed by atoms with Crippen LogP contribution in [-0.4, -0.2) is 41.2 Å². The zero-order valence-electron chi connectivity index (χ0n) is 10.6. The second-order valence-electron chi connectivity index (χ2n) is 4.80. The third-order valence-electron chi connectivity index (χ3n) is 3.47. The van der Waals surface area contributed by atoms with Gasteiger partial charge in [-0.15, -0.1) is 0 Å². The number of rotatable bonds is 5. The Kier molecular flexibility index (Phi) is 4.57. The van der Waals surface area contributed by atoms with E-state index >= 15 is 0 Å². The molecular formula is C13H22N2O2. The van der Waals surface area contributed by atoms with E-state index in [2.05, 4.69) is 16.8 Å². The van der Waals surface area contributed by atoms with Crippen LogP contribution in [0.1, 0.15) is 31.4 Å². The minimum atomic E-state index is 0.127. The van der Waals surface area contributed by atoms with Gasteiger partial charge in [-0.3, -0.25) is 0 Å². The van der Waals surface area contributed by atoms with Crippen molar-refractivity contribution < 1.29 is 9.52 Å². The third-order valence-corrected chi connectivity index (χ3v) is 3.47. The largest absolute Gasteiger partial charge is 0.446 e. The standard InChI is InChI=1S/C13H22N2O2/c1-2-15-6-3-4-11(10-15)8-13-14-9-12(17-13)5-7-16/h9,11,16H,2-8,10H2,1H3. The van der Waals surface area contributed by atoms with Gasteiger partial charge in [0, 0.05) is 19.4 Å². The SMILES string of the molecule is CCN1CCCC(Cc2ncc(CCO)o2)C1. The number of aliphatic hydroxyl groups is 1. The summed E-state index contributed by atoms with van der Waals surface area (Å²) in [4.78, 5) is 6.78. The molecule has 2 rings (SSSR count). The molecule has 1 saturated heterocycles. The van der Waals surface area contributed by atoms with Crippen LogP contribution in [0.25, 0.3) is 0 Å². The minimum Gasteiger partial charge on any atom is -0.446 e. The molecule has 4 heteroatoms. The quantitative estimate of drug-likeness (QED) is 0.844. The lowest BCUT2D eigenvalue weighted by Gasteiger charge is -2.31. The highest BCUT2D eigenvalue weighted by molar-refractivity contribution is 4.95. The molecule has 1 N–H and O–H groups in total. The monoisotopic (exact) mass is 238 g/mol. The molecule has 0 aliphatic carbocycles. The first-order valence-electron chi connectivity index (χ1n) is 6.58. The van der Waals surface area contributed by atoms with Gasteiger partial charge in [0.05, 0.1) is 12.8 Å². The van der Waals surface area contributed by atoms with Gasteiger partial charge in [-0.1, -0.05) is 6.92 Å². The van der Waals surface area contributed by atoms with Gasteiger partial charge in [-0.25, -0.2) is 4.98 Å². The van der Waals surface area contributed by atoms with Gasteiger partial charge >= 0.3 is 0 Å². The lowest BCUT2D eigenvalue weighted by Crippen LogP contribution is -2.35. The van der Waals surface area contributed by atoms with Crippen LogP contribution in [0.2, 0.25) is 0 Å². The summed E-state index contributed by atoms with van der Waals surface area (Å²) in [5, 5.41) is 8.82. The van der Waals surface area contributed by atoms with E-state index in [9.17, 15) is 0 Å². The van der Waals surface area contributed by atoms with Crippen molar-refractivity contribution in [3.05, 3.63) is 17.8 Å². The van der Waals surface area contributed by atoms with E-state index in [0.29, 0.717) is 12.3 Å². The number of piperidine rings is 1. The molecule has 0 aromatic carbocycles. The maximum atomic E-state index is 8.82. The van der Waals surface area contributed by atoms with Crippen LogP contribution < -0.4 is 0 Å². The summed E-state index contributed by atoms with van der Waals surface area (Å²) in [7, 11) is 0. The number of aromatic nitrogens is 1. The average Bonchev–Trinajstić information content (AvgIpc) is 2.77.